The van der Waals surface area contributed by atoms with E-state index in [2.05, 4.69) is 10.0 Å². The van der Waals surface area contributed by atoms with Crippen LogP contribution in [0.3, 0.4) is 0 Å². The van der Waals surface area contributed by atoms with Crippen LogP contribution in [0.1, 0.15) is 21.5 Å². The summed E-state index contributed by atoms with van der Waals surface area (Å²) in [5.41, 5.74) is 2.88. The molecule has 3 N–H and O–H groups in total. The summed E-state index contributed by atoms with van der Waals surface area (Å²) < 4.78 is 28.4. The van der Waals surface area contributed by atoms with E-state index in [1.54, 1.807) is 30.3 Å². The molecule has 32 heavy (non-hydrogen) atoms. The van der Waals surface area contributed by atoms with Crippen LogP contribution < -0.4 is 10.0 Å². The molecule has 0 aliphatic rings. The molecule has 0 unspecified atom stereocenters. The lowest BCUT2D eigenvalue weighted by atomic mass is 10.0. The molecule has 0 saturated carbocycles. The number of benzene rings is 4. The van der Waals surface area contributed by atoms with Gasteiger partial charge >= 0.3 is 0 Å². The minimum Gasteiger partial charge on any atom is -0.507 e. The molecular weight excluding hydrogens is 424 g/mol. The van der Waals surface area contributed by atoms with Crippen molar-refractivity contribution >= 4 is 38.1 Å². The zero-order chi connectivity index (χ0) is 22.9. The van der Waals surface area contributed by atoms with Crippen molar-refractivity contribution in [3.05, 3.63) is 95.6 Å². The molecule has 4 aromatic carbocycles. The van der Waals surface area contributed by atoms with E-state index in [9.17, 15) is 18.3 Å². The Morgan fingerprint density at radius 2 is 1.41 bits per heavy atom. The summed E-state index contributed by atoms with van der Waals surface area (Å²) in [5.74, 6) is -0.665. The quantitative estimate of drug-likeness (QED) is 0.392. The van der Waals surface area contributed by atoms with Crippen molar-refractivity contribution in [1.82, 2.24) is 0 Å². The van der Waals surface area contributed by atoms with E-state index in [0.717, 1.165) is 11.1 Å². The number of sulfonamides is 1. The van der Waals surface area contributed by atoms with Crippen LogP contribution in [0.2, 0.25) is 0 Å². The van der Waals surface area contributed by atoms with E-state index in [4.69, 9.17) is 0 Å². The first-order valence-corrected chi connectivity index (χ1v) is 11.4. The van der Waals surface area contributed by atoms with E-state index >= 15 is 0 Å². The molecule has 6 nitrogen and oxygen atoms in total. The van der Waals surface area contributed by atoms with Crippen molar-refractivity contribution in [2.75, 3.05) is 10.0 Å². The second-order valence-corrected chi connectivity index (χ2v) is 9.25. The minimum atomic E-state index is -3.84. The zero-order valence-corrected chi connectivity index (χ0v) is 18.4. The fourth-order valence-corrected chi connectivity index (χ4v) is 4.57. The van der Waals surface area contributed by atoms with Gasteiger partial charge in [0.15, 0.2) is 0 Å². The summed E-state index contributed by atoms with van der Waals surface area (Å²) >= 11 is 0. The lowest BCUT2D eigenvalue weighted by molar-refractivity contribution is 0.102. The number of nitrogens with one attached hydrogen (secondary N) is 2. The number of anilines is 2. The summed E-state index contributed by atoms with van der Waals surface area (Å²) in [7, 11) is -3.84. The van der Waals surface area contributed by atoms with Gasteiger partial charge in [0.25, 0.3) is 15.9 Å². The van der Waals surface area contributed by atoms with Crippen LogP contribution >= 0.6 is 0 Å². The van der Waals surface area contributed by atoms with Gasteiger partial charge in [-0.2, -0.15) is 0 Å². The molecule has 0 bridgehead atoms. The summed E-state index contributed by atoms with van der Waals surface area (Å²) in [6.07, 6.45) is 0. The topological polar surface area (TPSA) is 95.5 Å². The maximum atomic E-state index is 12.9. The summed E-state index contributed by atoms with van der Waals surface area (Å²) in [6, 6.07) is 21.9. The molecule has 7 heteroatoms. The third kappa shape index (κ3) is 4.29. The van der Waals surface area contributed by atoms with Crippen LogP contribution in [0.4, 0.5) is 11.4 Å². The first-order chi connectivity index (χ1) is 15.2. The third-order valence-corrected chi connectivity index (χ3v) is 6.63. The molecule has 0 aliphatic carbocycles. The maximum Gasteiger partial charge on any atom is 0.261 e. The highest BCUT2D eigenvalue weighted by Crippen LogP contribution is 2.29. The number of fused-ring (bicyclic) bond motifs is 1. The largest absolute Gasteiger partial charge is 0.507 e. The van der Waals surface area contributed by atoms with Crippen molar-refractivity contribution < 1.29 is 18.3 Å². The molecule has 0 heterocycles. The highest BCUT2D eigenvalue weighted by molar-refractivity contribution is 7.92. The monoisotopic (exact) mass is 446 g/mol. The molecule has 0 atom stereocenters. The van der Waals surface area contributed by atoms with Gasteiger partial charge in [-0.3, -0.25) is 9.52 Å². The van der Waals surface area contributed by atoms with E-state index in [0.29, 0.717) is 22.1 Å². The van der Waals surface area contributed by atoms with Gasteiger partial charge in [0.05, 0.1) is 16.1 Å². The van der Waals surface area contributed by atoms with E-state index in [1.165, 1.54) is 24.3 Å². The second-order valence-electron chi connectivity index (χ2n) is 7.57. The Balaban J connectivity index is 1.69. The zero-order valence-electron chi connectivity index (χ0n) is 17.6. The number of aromatic hydroxyl groups is 1. The van der Waals surface area contributed by atoms with Gasteiger partial charge in [0.1, 0.15) is 5.75 Å². The van der Waals surface area contributed by atoms with Crippen LogP contribution in [0.5, 0.6) is 5.75 Å². The molecular formula is C25H22N2O4S. The minimum absolute atomic E-state index is 0.0576. The third-order valence-electron chi connectivity index (χ3n) is 5.26. The molecule has 1 amide bonds. The highest BCUT2D eigenvalue weighted by Gasteiger charge is 2.18. The van der Waals surface area contributed by atoms with E-state index in [1.807, 2.05) is 38.1 Å². The number of hydrogen-bond acceptors (Lipinski definition) is 4. The Morgan fingerprint density at radius 3 is 2.06 bits per heavy atom. The second kappa shape index (κ2) is 8.36. The standard InChI is InChI=1S/C25H22N2O4S/c1-16-7-3-5-9-22(16)26-25(29)21-14-19-13-20(12-11-18(19)15-24(21)28)32(30,31)27-23-10-6-4-8-17(23)2/h3-15,27-28H,1-2H3,(H,26,29). The number of phenols is 1. The summed E-state index contributed by atoms with van der Waals surface area (Å²) in [6.45, 7) is 3.69. The van der Waals surface area contributed by atoms with Crippen LogP contribution in [0, 0.1) is 13.8 Å². The first-order valence-electron chi connectivity index (χ1n) is 9.97. The molecule has 0 fully saturated rings. The average Bonchev–Trinajstić information content (AvgIpc) is 2.76. The van der Waals surface area contributed by atoms with Crippen molar-refractivity contribution in [2.24, 2.45) is 0 Å². The normalized spacial score (nSPS) is 11.3. The van der Waals surface area contributed by atoms with Gasteiger partial charge in [-0.25, -0.2) is 8.42 Å². The predicted molar refractivity (Wildman–Crippen MR) is 127 cm³/mol. The van der Waals surface area contributed by atoms with Gasteiger partial charge in [-0.1, -0.05) is 42.5 Å². The molecule has 0 aliphatic heterocycles. The molecule has 162 valence electrons. The first kappa shape index (κ1) is 21.4. The Hall–Kier alpha value is -3.84. The van der Waals surface area contributed by atoms with E-state index in [-0.39, 0.29) is 16.2 Å². The molecule has 0 saturated heterocycles. The molecule has 4 rings (SSSR count). The summed E-state index contributed by atoms with van der Waals surface area (Å²) in [5, 5.41) is 14.3. The number of aryl methyl sites for hydroxylation is 2. The van der Waals surface area contributed by atoms with Gasteiger partial charge in [0.2, 0.25) is 0 Å². The van der Waals surface area contributed by atoms with Crippen LogP contribution in [-0.2, 0) is 10.0 Å². The van der Waals surface area contributed by atoms with Gasteiger partial charge in [-0.15, -0.1) is 0 Å². The maximum absolute atomic E-state index is 12.9. The molecule has 4 aromatic rings. The summed E-state index contributed by atoms with van der Waals surface area (Å²) in [4.78, 5) is 12.8. The SMILES string of the molecule is Cc1ccccc1NC(=O)c1cc2cc(S(=O)(=O)Nc3ccccc3C)ccc2cc1O. The lowest BCUT2D eigenvalue weighted by Gasteiger charge is -2.12. The van der Waals surface area contributed by atoms with E-state index < -0.39 is 15.9 Å². The molecule has 0 aromatic heterocycles. The lowest BCUT2D eigenvalue weighted by Crippen LogP contribution is -2.14. The number of para-hydroxylation sites is 2. The molecule has 0 radical (unpaired) electrons. The predicted octanol–water partition coefficient (Wildman–Crippen LogP) is 5.22. The number of amides is 1. The average molecular weight is 447 g/mol. The van der Waals surface area contributed by atoms with Crippen molar-refractivity contribution in [3.8, 4) is 5.75 Å². The number of carbonyl (C=O) groups excluding carboxylic acids is 1. The van der Waals surface area contributed by atoms with Crippen LogP contribution in [-0.4, -0.2) is 19.4 Å². The number of phenolic OH excluding ortho intramolecular Hbond substituents is 1. The number of rotatable bonds is 5. The Labute approximate surface area is 186 Å². The molecule has 0 spiro atoms. The van der Waals surface area contributed by atoms with Crippen LogP contribution in [0.15, 0.2) is 83.8 Å². The fourth-order valence-electron chi connectivity index (χ4n) is 3.41. The Bertz CT molecular complexity index is 1450. The van der Waals surface area contributed by atoms with Crippen molar-refractivity contribution in [1.29, 1.82) is 0 Å². The Morgan fingerprint density at radius 1 is 0.781 bits per heavy atom. The van der Waals surface area contributed by atoms with Gasteiger partial charge in [0, 0.05) is 5.69 Å². The fraction of sp³-hybridized carbons (Fsp3) is 0.0800. The smallest absolute Gasteiger partial charge is 0.261 e. The number of carbonyl (C=O) groups is 1. The Kier molecular flexibility index (Phi) is 5.59. The number of hydrogen-bond donors (Lipinski definition) is 3. The highest BCUT2D eigenvalue weighted by atomic mass is 32.2. The van der Waals surface area contributed by atoms with Gasteiger partial charge in [-0.05, 0) is 72.1 Å². The van der Waals surface area contributed by atoms with Crippen molar-refractivity contribution in [2.45, 2.75) is 18.7 Å². The van der Waals surface area contributed by atoms with Crippen LogP contribution in [0.25, 0.3) is 10.8 Å². The van der Waals surface area contributed by atoms with Gasteiger partial charge < -0.3 is 10.4 Å². The van der Waals surface area contributed by atoms with Crippen molar-refractivity contribution in [3.63, 3.8) is 0 Å².